The van der Waals surface area contributed by atoms with Crippen LogP contribution in [0.1, 0.15) is 23.0 Å². The number of aromatic nitrogens is 2. The highest BCUT2D eigenvalue weighted by molar-refractivity contribution is 5.96. The fourth-order valence-electron chi connectivity index (χ4n) is 1.49. The zero-order valence-electron chi connectivity index (χ0n) is 9.11. The van der Waals surface area contributed by atoms with Crippen molar-refractivity contribution in [1.82, 2.24) is 10.2 Å². The number of hydrogen-bond acceptors (Lipinski definition) is 3. The molecule has 2 rings (SSSR count). The summed E-state index contributed by atoms with van der Waals surface area (Å²) in [6.07, 6.45) is 0. The maximum Gasteiger partial charge on any atom is 0.181 e. The van der Waals surface area contributed by atoms with Gasteiger partial charge in [0.05, 0.1) is 0 Å². The molecule has 0 saturated carbocycles. The Kier molecular flexibility index (Phi) is 2.48. The van der Waals surface area contributed by atoms with Crippen molar-refractivity contribution < 1.29 is 9.90 Å². The van der Waals surface area contributed by atoms with Gasteiger partial charge in [0.25, 0.3) is 0 Å². The van der Waals surface area contributed by atoms with E-state index in [4.69, 9.17) is 0 Å². The van der Waals surface area contributed by atoms with Crippen LogP contribution in [0.2, 0.25) is 0 Å². The van der Waals surface area contributed by atoms with Gasteiger partial charge in [-0.3, -0.25) is 9.89 Å². The van der Waals surface area contributed by atoms with Crippen LogP contribution in [-0.4, -0.2) is 21.1 Å². The molecule has 1 aromatic carbocycles. The van der Waals surface area contributed by atoms with Gasteiger partial charge in [-0.25, -0.2) is 0 Å². The molecule has 0 atom stereocenters. The first kappa shape index (κ1) is 10.4. The number of hydrogen-bond donors (Lipinski definition) is 2. The largest absolute Gasteiger partial charge is 0.504 e. The Morgan fingerprint density at radius 3 is 2.44 bits per heavy atom. The highest BCUT2D eigenvalue weighted by Crippen LogP contribution is 2.29. The van der Waals surface area contributed by atoms with E-state index in [1.165, 1.54) is 6.92 Å². The smallest absolute Gasteiger partial charge is 0.181 e. The van der Waals surface area contributed by atoms with Gasteiger partial charge in [0.15, 0.2) is 11.5 Å². The number of carbonyl (C=O) groups excluding carboxylic acids is 1. The minimum absolute atomic E-state index is 0.0867. The van der Waals surface area contributed by atoms with E-state index < -0.39 is 0 Å². The van der Waals surface area contributed by atoms with Gasteiger partial charge in [0, 0.05) is 12.5 Å². The third-order valence-corrected chi connectivity index (χ3v) is 2.42. The standard InChI is InChI=1S/C12H12N2O2/c1-7-3-5-9(6-4-7)11-12(16)10(8(2)15)13-14-11/h3-6,16H,1-2H3,(H,13,14). The molecule has 16 heavy (non-hydrogen) atoms. The number of nitrogens with zero attached hydrogens (tertiary/aromatic N) is 1. The van der Waals surface area contributed by atoms with E-state index in [0.29, 0.717) is 5.69 Å². The minimum Gasteiger partial charge on any atom is -0.504 e. The number of carbonyl (C=O) groups is 1. The molecule has 0 fully saturated rings. The molecule has 2 aromatic rings. The summed E-state index contributed by atoms with van der Waals surface area (Å²) in [7, 11) is 0. The first-order chi connectivity index (χ1) is 7.59. The van der Waals surface area contributed by atoms with E-state index >= 15 is 0 Å². The summed E-state index contributed by atoms with van der Waals surface area (Å²) in [4.78, 5) is 11.1. The molecule has 0 bridgehead atoms. The second kappa shape index (κ2) is 3.81. The van der Waals surface area contributed by atoms with E-state index in [1.54, 1.807) is 0 Å². The fraction of sp³-hybridized carbons (Fsp3) is 0.167. The van der Waals surface area contributed by atoms with Crippen molar-refractivity contribution in [2.45, 2.75) is 13.8 Å². The number of aryl methyl sites for hydroxylation is 1. The van der Waals surface area contributed by atoms with Gasteiger partial charge >= 0.3 is 0 Å². The monoisotopic (exact) mass is 216 g/mol. The number of aromatic amines is 1. The Morgan fingerprint density at radius 2 is 1.94 bits per heavy atom. The van der Waals surface area contributed by atoms with Gasteiger partial charge in [0.2, 0.25) is 0 Å². The van der Waals surface area contributed by atoms with Crippen molar-refractivity contribution in [2.24, 2.45) is 0 Å². The Morgan fingerprint density at radius 1 is 1.31 bits per heavy atom. The van der Waals surface area contributed by atoms with Crippen LogP contribution in [0.5, 0.6) is 5.75 Å². The molecule has 0 amide bonds. The predicted molar refractivity (Wildman–Crippen MR) is 60.4 cm³/mol. The van der Waals surface area contributed by atoms with Crippen LogP contribution in [0.25, 0.3) is 11.3 Å². The first-order valence-electron chi connectivity index (χ1n) is 4.95. The lowest BCUT2D eigenvalue weighted by molar-refractivity contribution is 0.101. The fourth-order valence-corrected chi connectivity index (χ4v) is 1.49. The number of benzene rings is 1. The van der Waals surface area contributed by atoms with Crippen molar-refractivity contribution in [1.29, 1.82) is 0 Å². The van der Waals surface area contributed by atoms with E-state index in [1.807, 2.05) is 31.2 Å². The van der Waals surface area contributed by atoms with Gasteiger partial charge in [0.1, 0.15) is 11.4 Å². The summed E-state index contributed by atoms with van der Waals surface area (Å²) in [6.45, 7) is 3.36. The Bertz CT molecular complexity index is 526. The maximum absolute atomic E-state index is 11.1. The molecular weight excluding hydrogens is 204 g/mol. The second-order valence-electron chi connectivity index (χ2n) is 3.72. The molecule has 82 valence electrons. The number of rotatable bonds is 2. The van der Waals surface area contributed by atoms with Crippen molar-refractivity contribution in [3.05, 3.63) is 35.5 Å². The number of nitrogens with one attached hydrogen (secondary N) is 1. The average molecular weight is 216 g/mol. The SMILES string of the molecule is CC(=O)c1[nH]nc(-c2ccc(C)cc2)c1O. The maximum atomic E-state index is 11.1. The molecule has 2 N–H and O–H groups in total. The van der Waals surface area contributed by atoms with Gasteiger partial charge in [-0.05, 0) is 6.92 Å². The van der Waals surface area contributed by atoms with Gasteiger partial charge in [-0.1, -0.05) is 29.8 Å². The van der Waals surface area contributed by atoms with Crippen LogP contribution in [0.3, 0.4) is 0 Å². The molecular formula is C12H12N2O2. The lowest BCUT2D eigenvalue weighted by Crippen LogP contribution is -1.91. The third-order valence-electron chi connectivity index (χ3n) is 2.42. The summed E-state index contributed by atoms with van der Waals surface area (Å²) in [5.41, 5.74) is 2.47. The van der Waals surface area contributed by atoms with Crippen molar-refractivity contribution >= 4 is 5.78 Å². The Labute approximate surface area is 92.9 Å². The number of Topliss-reactive ketones (excluding diaryl/α,β-unsaturated/α-hetero) is 1. The van der Waals surface area contributed by atoms with Crippen LogP contribution < -0.4 is 0 Å². The summed E-state index contributed by atoms with van der Waals surface area (Å²) in [5, 5.41) is 16.3. The predicted octanol–water partition coefficient (Wildman–Crippen LogP) is 2.29. The number of aromatic hydroxyl groups is 1. The lowest BCUT2D eigenvalue weighted by atomic mass is 10.1. The van der Waals surface area contributed by atoms with Crippen LogP contribution >= 0.6 is 0 Å². The number of ketones is 1. The minimum atomic E-state index is -0.233. The molecule has 4 nitrogen and oxygen atoms in total. The van der Waals surface area contributed by atoms with Crippen LogP contribution in [0.15, 0.2) is 24.3 Å². The Balaban J connectivity index is 2.49. The van der Waals surface area contributed by atoms with Crippen molar-refractivity contribution in [2.75, 3.05) is 0 Å². The molecule has 0 spiro atoms. The van der Waals surface area contributed by atoms with Crippen molar-refractivity contribution in [3.63, 3.8) is 0 Å². The molecule has 0 unspecified atom stereocenters. The molecule has 0 saturated heterocycles. The van der Waals surface area contributed by atoms with Crippen LogP contribution in [0.4, 0.5) is 0 Å². The van der Waals surface area contributed by atoms with E-state index in [2.05, 4.69) is 10.2 Å². The number of H-pyrrole nitrogens is 1. The highest BCUT2D eigenvalue weighted by atomic mass is 16.3. The average Bonchev–Trinajstić information content (AvgIpc) is 2.61. The third kappa shape index (κ3) is 1.69. The molecule has 1 aromatic heterocycles. The van der Waals surface area contributed by atoms with E-state index in [9.17, 15) is 9.90 Å². The molecule has 1 heterocycles. The van der Waals surface area contributed by atoms with Crippen LogP contribution in [0, 0.1) is 6.92 Å². The van der Waals surface area contributed by atoms with Gasteiger partial charge < -0.3 is 5.11 Å². The molecule has 0 radical (unpaired) electrons. The topological polar surface area (TPSA) is 66.0 Å². The van der Waals surface area contributed by atoms with Crippen molar-refractivity contribution in [3.8, 4) is 17.0 Å². The Hall–Kier alpha value is -2.10. The quantitative estimate of drug-likeness (QED) is 0.757. The second-order valence-corrected chi connectivity index (χ2v) is 3.72. The van der Waals surface area contributed by atoms with Gasteiger partial charge in [-0.2, -0.15) is 5.10 Å². The highest BCUT2D eigenvalue weighted by Gasteiger charge is 2.16. The molecule has 0 aliphatic heterocycles. The zero-order chi connectivity index (χ0) is 11.7. The van der Waals surface area contributed by atoms with E-state index in [-0.39, 0.29) is 17.2 Å². The molecule has 0 aliphatic rings. The van der Waals surface area contributed by atoms with E-state index in [0.717, 1.165) is 11.1 Å². The summed E-state index contributed by atoms with van der Waals surface area (Å²) < 4.78 is 0. The summed E-state index contributed by atoms with van der Waals surface area (Å²) >= 11 is 0. The molecule has 0 aliphatic carbocycles. The normalized spacial score (nSPS) is 10.4. The molecule has 4 heteroatoms. The summed E-state index contributed by atoms with van der Waals surface area (Å²) in [6, 6.07) is 7.57. The zero-order valence-corrected chi connectivity index (χ0v) is 9.11. The lowest BCUT2D eigenvalue weighted by Gasteiger charge is -1.98. The first-order valence-corrected chi connectivity index (χ1v) is 4.95. The van der Waals surface area contributed by atoms with Crippen LogP contribution in [-0.2, 0) is 0 Å². The summed E-state index contributed by atoms with van der Waals surface area (Å²) in [5.74, 6) is -0.320. The van der Waals surface area contributed by atoms with Gasteiger partial charge in [-0.15, -0.1) is 0 Å².